The molecule has 8 heteroatoms. The average Bonchev–Trinajstić information content (AvgIpc) is 3.15. The van der Waals surface area contributed by atoms with Crippen LogP contribution < -0.4 is 5.32 Å². The maximum atomic E-state index is 12.5. The van der Waals surface area contributed by atoms with Gasteiger partial charge in [-0.15, -0.1) is 10.2 Å². The molecule has 0 aliphatic carbocycles. The van der Waals surface area contributed by atoms with Crippen LogP contribution in [0.4, 0.5) is 5.13 Å². The number of methoxy groups -OCH3 is 1. The molecule has 6 nitrogen and oxygen atoms in total. The molecule has 0 spiro atoms. The Labute approximate surface area is 171 Å². The number of hydrogen-bond donors (Lipinski definition) is 1. The smallest absolute Gasteiger partial charge is 0.337 e. The predicted molar refractivity (Wildman–Crippen MR) is 111 cm³/mol. The molecule has 0 saturated heterocycles. The molecular formula is C20H19N3O3S2. The molecule has 3 rings (SSSR count). The summed E-state index contributed by atoms with van der Waals surface area (Å²) in [6.45, 7) is 3.86. The van der Waals surface area contributed by atoms with Crippen molar-refractivity contribution in [2.45, 2.75) is 23.9 Å². The molecule has 0 aliphatic rings. The third kappa shape index (κ3) is 4.96. The molecule has 144 valence electrons. The quantitative estimate of drug-likeness (QED) is 0.364. The number of benzene rings is 2. The Morgan fingerprint density at radius 1 is 1.11 bits per heavy atom. The highest BCUT2D eigenvalue weighted by atomic mass is 32.2. The van der Waals surface area contributed by atoms with Gasteiger partial charge in [0.2, 0.25) is 5.13 Å². The molecule has 2 aromatic carbocycles. The van der Waals surface area contributed by atoms with Gasteiger partial charge < -0.3 is 4.74 Å². The van der Waals surface area contributed by atoms with Gasteiger partial charge in [-0.05, 0) is 43.2 Å². The number of hydrogen-bond acceptors (Lipinski definition) is 7. The largest absolute Gasteiger partial charge is 0.465 e. The van der Waals surface area contributed by atoms with E-state index in [-0.39, 0.29) is 11.9 Å². The van der Waals surface area contributed by atoms with E-state index >= 15 is 0 Å². The van der Waals surface area contributed by atoms with Crippen LogP contribution in [0.5, 0.6) is 0 Å². The van der Waals surface area contributed by atoms with E-state index in [2.05, 4.69) is 15.5 Å². The van der Waals surface area contributed by atoms with Gasteiger partial charge in [-0.3, -0.25) is 10.1 Å². The predicted octanol–water partition coefficient (Wildman–Crippen LogP) is 4.49. The summed E-state index contributed by atoms with van der Waals surface area (Å²) < 4.78 is 5.45. The van der Waals surface area contributed by atoms with E-state index in [0.717, 1.165) is 21.0 Å². The van der Waals surface area contributed by atoms with E-state index in [4.69, 9.17) is 4.74 Å². The molecule has 0 fully saturated rings. The van der Waals surface area contributed by atoms with Crippen molar-refractivity contribution in [1.29, 1.82) is 0 Å². The first-order chi connectivity index (χ1) is 13.5. The topological polar surface area (TPSA) is 81.2 Å². The van der Waals surface area contributed by atoms with Crippen LogP contribution >= 0.6 is 23.1 Å². The second-order valence-electron chi connectivity index (χ2n) is 6.12. The van der Waals surface area contributed by atoms with E-state index < -0.39 is 0 Å². The minimum absolute atomic E-state index is 0.188. The number of amides is 1. The van der Waals surface area contributed by atoms with Crippen LogP contribution in [-0.2, 0) is 10.5 Å². The normalized spacial score (nSPS) is 10.5. The molecule has 0 atom stereocenters. The minimum Gasteiger partial charge on any atom is -0.465 e. The number of esters is 1. The number of nitrogens with zero attached hydrogens (tertiary/aromatic N) is 2. The van der Waals surface area contributed by atoms with Gasteiger partial charge in [-0.2, -0.15) is 0 Å². The molecule has 0 bridgehead atoms. The molecule has 3 aromatic rings. The first-order valence-corrected chi connectivity index (χ1v) is 10.3. The van der Waals surface area contributed by atoms with Crippen molar-refractivity contribution in [3.63, 3.8) is 0 Å². The Morgan fingerprint density at radius 2 is 1.86 bits per heavy atom. The van der Waals surface area contributed by atoms with Crippen LogP contribution in [0.25, 0.3) is 0 Å². The number of anilines is 1. The number of ether oxygens (including phenoxy) is 1. The molecule has 1 aromatic heterocycles. The van der Waals surface area contributed by atoms with Gasteiger partial charge in [0.05, 0.1) is 12.7 Å². The Balaban J connectivity index is 1.59. The van der Waals surface area contributed by atoms with Crippen LogP contribution in [0.3, 0.4) is 0 Å². The van der Waals surface area contributed by atoms with Gasteiger partial charge in [0, 0.05) is 11.3 Å². The van der Waals surface area contributed by atoms with Crippen LogP contribution in [-0.4, -0.2) is 29.2 Å². The lowest BCUT2D eigenvalue weighted by Gasteiger charge is -2.05. The summed E-state index contributed by atoms with van der Waals surface area (Å²) in [4.78, 5) is 23.9. The maximum absolute atomic E-state index is 12.5. The fourth-order valence-electron chi connectivity index (χ4n) is 2.46. The monoisotopic (exact) mass is 413 g/mol. The van der Waals surface area contributed by atoms with Crippen molar-refractivity contribution < 1.29 is 14.3 Å². The number of nitrogens with one attached hydrogen (secondary N) is 1. The Bertz CT molecular complexity index is 1000. The van der Waals surface area contributed by atoms with E-state index in [1.54, 1.807) is 12.1 Å². The highest BCUT2D eigenvalue weighted by molar-refractivity contribution is 8.00. The fraction of sp³-hybridized carbons (Fsp3) is 0.200. The Kier molecular flexibility index (Phi) is 6.43. The van der Waals surface area contributed by atoms with Crippen LogP contribution in [0, 0.1) is 13.8 Å². The van der Waals surface area contributed by atoms with Crippen molar-refractivity contribution in [3.8, 4) is 0 Å². The second kappa shape index (κ2) is 8.99. The van der Waals surface area contributed by atoms with E-state index in [1.807, 2.05) is 44.2 Å². The van der Waals surface area contributed by atoms with Gasteiger partial charge in [-0.25, -0.2) is 4.79 Å². The van der Waals surface area contributed by atoms with Gasteiger partial charge in [-0.1, -0.05) is 52.9 Å². The summed E-state index contributed by atoms with van der Waals surface area (Å²) in [6, 6.07) is 13.0. The lowest BCUT2D eigenvalue weighted by molar-refractivity contribution is 0.0600. The van der Waals surface area contributed by atoms with Crippen molar-refractivity contribution in [2.24, 2.45) is 0 Å². The van der Waals surface area contributed by atoms with Crippen LogP contribution in [0.1, 0.15) is 37.4 Å². The lowest BCUT2D eigenvalue weighted by Crippen LogP contribution is -2.13. The van der Waals surface area contributed by atoms with Crippen molar-refractivity contribution >= 4 is 40.1 Å². The summed E-state index contributed by atoms with van der Waals surface area (Å²) >= 11 is 2.85. The SMILES string of the molecule is COC(=O)c1ccc(CSc2nnc(NC(=O)c3cc(C)ccc3C)s2)cc1. The number of rotatable bonds is 6. The molecule has 1 amide bonds. The first-order valence-electron chi connectivity index (χ1n) is 8.48. The molecule has 0 aliphatic heterocycles. The molecule has 1 N–H and O–H groups in total. The number of carbonyl (C=O) groups is 2. The van der Waals surface area contributed by atoms with Crippen molar-refractivity contribution in [2.75, 3.05) is 12.4 Å². The zero-order valence-electron chi connectivity index (χ0n) is 15.7. The zero-order valence-corrected chi connectivity index (χ0v) is 17.3. The van der Waals surface area contributed by atoms with Gasteiger partial charge in [0.1, 0.15) is 0 Å². The number of thioether (sulfide) groups is 1. The molecule has 1 heterocycles. The lowest BCUT2D eigenvalue weighted by atomic mass is 10.1. The fourth-order valence-corrected chi connectivity index (χ4v) is 4.17. The van der Waals surface area contributed by atoms with Crippen LogP contribution in [0.15, 0.2) is 46.8 Å². The summed E-state index contributed by atoms with van der Waals surface area (Å²) in [5, 5.41) is 11.4. The summed E-state index contributed by atoms with van der Waals surface area (Å²) in [5.74, 6) is 0.140. The van der Waals surface area contributed by atoms with Gasteiger partial charge in [0.25, 0.3) is 5.91 Å². The summed E-state index contributed by atoms with van der Waals surface area (Å²) in [6.07, 6.45) is 0. The average molecular weight is 414 g/mol. The molecular weight excluding hydrogens is 394 g/mol. The standard InChI is InChI=1S/C20H19N3O3S2/c1-12-4-5-13(2)16(10-12)17(24)21-19-22-23-20(28-19)27-11-14-6-8-15(9-7-14)18(25)26-3/h4-10H,11H2,1-3H3,(H,21,22,24). The molecule has 28 heavy (non-hydrogen) atoms. The highest BCUT2D eigenvalue weighted by Gasteiger charge is 2.13. The first kappa shape index (κ1) is 20.0. The maximum Gasteiger partial charge on any atom is 0.337 e. The third-order valence-electron chi connectivity index (χ3n) is 4.00. The number of carbonyl (C=O) groups excluding carboxylic acids is 2. The van der Waals surface area contributed by atoms with Gasteiger partial charge in [0.15, 0.2) is 4.34 Å². The van der Waals surface area contributed by atoms with Gasteiger partial charge >= 0.3 is 5.97 Å². The summed E-state index contributed by atoms with van der Waals surface area (Å²) in [5.41, 5.74) is 4.15. The van der Waals surface area contributed by atoms with Crippen molar-refractivity contribution in [3.05, 3.63) is 70.3 Å². The highest BCUT2D eigenvalue weighted by Crippen LogP contribution is 2.28. The third-order valence-corrected chi connectivity index (χ3v) is 6.05. The Hall–Kier alpha value is -2.71. The van der Waals surface area contributed by atoms with Crippen LogP contribution in [0.2, 0.25) is 0 Å². The van der Waals surface area contributed by atoms with Crippen molar-refractivity contribution in [1.82, 2.24) is 10.2 Å². The molecule has 0 unspecified atom stereocenters. The minimum atomic E-state index is -0.354. The molecule has 0 saturated carbocycles. The number of aryl methyl sites for hydroxylation is 2. The zero-order chi connectivity index (χ0) is 20.1. The Morgan fingerprint density at radius 3 is 2.57 bits per heavy atom. The van der Waals surface area contributed by atoms with E-state index in [9.17, 15) is 9.59 Å². The second-order valence-corrected chi connectivity index (χ2v) is 8.32. The summed E-state index contributed by atoms with van der Waals surface area (Å²) in [7, 11) is 1.36. The number of aromatic nitrogens is 2. The van der Waals surface area contributed by atoms with E-state index in [1.165, 1.54) is 30.2 Å². The van der Waals surface area contributed by atoms with E-state index in [0.29, 0.717) is 22.0 Å². The molecule has 0 radical (unpaired) electrons.